The Balaban J connectivity index is 1.82. The number of carbonyl (C=O) groups excluding carboxylic acids is 1. The van der Waals surface area contributed by atoms with E-state index in [1.54, 1.807) is 28.8 Å². The summed E-state index contributed by atoms with van der Waals surface area (Å²) in [7, 11) is 0. The molecule has 3 aromatic rings. The van der Waals surface area contributed by atoms with Gasteiger partial charge in [0.05, 0.1) is 11.4 Å². The van der Waals surface area contributed by atoms with Crippen LogP contribution in [0.5, 0.6) is 0 Å². The zero-order valence-corrected chi connectivity index (χ0v) is 19.6. The van der Waals surface area contributed by atoms with Crippen LogP contribution in [0.25, 0.3) is 23.0 Å². The third-order valence-electron chi connectivity index (χ3n) is 5.63. The lowest BCUT2D eigenvalue weighted by Gasteiger charge is -2.27. The Hall–Kier alpha value is -2.54. The molecule has 1 aromatic carbocycles. The fourth-order valence-electron chi connectivity index (χ4n) is 4.06. The summed E-state index contributed by atoms with van der Waals surface area (Å²) in [6, 6.07) is 8.60. The van der Waals surface area contributed by atoms with Crippen molar-refractivity contribution in [2.75, 3.05) is 6.54 Å². The van der Waals surface area contributed by atoms with Gasteiger partial charge >= 0.3 is 0 Å². The summed E-state index contributed by atoms with van der Waals surface area (Å²) >= 11 is 3.29. The number of fused-ring (bicyclic) bond motifs is 1. The number of rotatable bonds is 3. The number of carbonyl (C=O) groups is 1. The molecule has 0 bridgehead atoms. The molecule has 4 rings (SSSR count). The Bertz CT molecular complexity index is 1170. The van der Waals surface area contributed by atoms with E-state index in [0.717, 1.165) is 43.5 Å². The van der Waals surface area contributed by atoms with E-state index in [1.165, 1.54) is 6.07 Å². The molecule has 162 valence electrons. The van der Waals surface area contributed by atoms with Crippen LogP contribution in [0, 0.1) is 5.82 Å². The molecule has 1 atom stereocenters. The minimum atomic E-state index is -0.365. The Labute approximate surface area is 190 Å². The van der Waals surface area contributed by atoms with E-state index >= 15 is 0 Å². The number of aromatic nitrogens is 3. The second-order valence-electron chi connectivity index (χ2n) is 8.41. The molecule has 5 nitrogen and oxygen atoms in total. The molecule has 3 heterocycles. The summed E-state index contributed by atoms with van der Waals surface area (Å²) in [6.07, 6.45) is 6.28. The van der Waals surface area contributed by atoms with Gasteiger partial charge in [0.25, 0.3) is 5.91 Å². The van der Waals surface area contributed by atoms with Crippen molar-refractivity contribution < 1.29 is 9.18 Å². The van der Waals surface area contributed by atoms with E-state index in [2.05, 4.69) is 32.9 Å². The Morgan fingerprint density at radius 3 is 2.74 bits per heavy atom. The van der Waals surface area contributed by atoms with Gasteiger partial charge in [-0.25, -0.2) is 13.9 Å². The van der Waals surface area contributed by atoms with E-state index in [0.29, 0.717) is 27.1 Å². The first-order valence-corrected chi connectivity index (χ1v) is 11.4. The summed E-state index contributed by atoms with van der Waals surface area (Å²) in [5.41, 5.74) is 3.62. The van der Waals surface area contributed by atoms with Gasteiger partial charge in [-0.05, 0) is 64.0 Å². The van der Waals surface area contributed by atoms with Crippen molar-refractivity contribution in [2.24, 2.45) is 0 Å². The van der Waals surface area contributed by atoms with Crippen LogP contribution in [0.4, 0.5) is 4.39 Å². The number of halogens is 2. The smallest absolute Gasteiger partial charge is 0.272 e. The zero-order chi connectivity index (χ0) is 22.1. The molecule has 0 saturated carbocycles. The van der Waals surface area contributed by atoms with Crippen molar-refractivity contribution >= 4 is 33.6 Å². The molecule has 0 unspecified atom stereocenters. The van der Waals surface area contributed by atoms with Gasteiger partial charge in [-0.1, -0.05) is 34.3 Å². The van der Waals surface area contributed by atoms with Gasteiger partial charge in [0.2, 0.25) is 0 Å². The predicted molar refractivity (Wildman–Crippen MR) is 124 cm³/mol. The highest BCUT2D eigenvalue weighted by Crippen LogP contribution is 2.27. The quantitative estimate of drug-likeness (QED) is 0.449. The van der Waals surface area contributed by atoms with Gasteiger partial charge in [0, 0.05) is 28.7 Å². The Kier molecular flexibility index (Phi) is 6.23. The molecule has 1 amide bonds. The highest BCUT2D eigenvalue weighted by Gasteiger charge is 2.25. The highest BCUT2D eigenvalue weighted by atomic mass is 79.9. The molecule has 1 fully saturated rings. The van der Waals surface area contributed by atoms with Crippen molar-refractivity contribution in [1.29, 1.82) is 0 Å². The third-order valence-corrected chi connectivity index (χ3v) is 6.12. The van der Waals surface area contributed by atoms with Gasteiger partial charge in [-0.2, -0.15) is 5.10 Å². The molecular formula is C24H26BrFN4O. The minimum Gasteiger partial charge on any atom is -0.335 e. The second kappa shape index (κ2) is 8.91. The van der Waals surface area contributed by atoms with Crippen LogP contribution >= 0.6 is 15.9 Å². The largest absolute Gasteiger partial charge is 0.335 e. The molecule has 7 heteroatoms. The number of benzene rings is 1. The molecule has 31 heavy (non-hydrogen) atoms. The lowest BCUT2D eigenvalue weighted by atomic mass is 10.1. The molecule has 0 spiro atoms. The van der Waals surface area contributed by atoms with Crippen LogP contribution in [0.2, 0.25) is 0 Å². The molecular weight excluding hydrogens is 459 g/mol. The van der Waals surface area contributed by atoms with Crippen LogP contribution in [0.1, 0.15) is 62.6 Å². The average molecular weight is 485 g/mol. The van der Waals surface area contributed by atoms with Gasteiger partial charge in [-0.15, -0.1) is 0 Å². The number of likely N-dealkylation sites (tertiary alicyclic amines) is 1. The predicted octanol–water partition coefficient (Wildman–Crippen LogP) is 6.13. The van der Waals surface area contributed by atoms with Gasteiger partial charge in [-0.3, -0.25) is 4.79 Å². The van der Waals surface area contributed by atoms with E-state index in [1.807, 2.05) is 24.8 Å². The lowest BCUT2D eigenvalue weighted by Crippen LogP contribution is -2.38. The van der Waals surface area contributed by atoms with Crippen LogP contribution in [-0.2, 0) is 0 Å². The maximum Gasteiger partial charge on any atom is 0.272 e. The molecule has 0 N–H and O–H groups in total. The minimum absolute atomic E-state index is 0.0575. The van der Waals surface area contributed by atoms with E-state index in [-0.39, 0.29) is 17.8 Å². The summed E-state index contributed by atoms with van der Waals surface area (Å²) in [4.78, 5) is 19.9. The Morgan fingerprint density at radius 2 is 2.00 bits per heavy atom. The summed E-state index contributed by atoms with van der Waals surface area (Å²) in [5, 5.41) is 4.60. The van der Waals surface area contributed by atoms with Gasteiger partial charge in [0.15, 0.2) is 5.65 Å². The molecule has 0 aliphatic carbocycles. The van der Waals surface area contributed by atoms with E-state index in [9.17, 15) is 9.18 Å². The van der Waals surface area contributed by atoms with Crippen molar-refractivity contribution in [1.82, 2.24) is 19.5 Å². The summed E-state index contributed by atoms with van der Waals surface area (Å²) < 4.78 is 16.9. The summed E-state index contributed by atoms with van der Waals surface area (Å²) in [5.74, 6) is -0.422. The fraction of sp³-hybridized carbons (Fsp3) is 0.375. The highest BCUT2D eigenvalue weighted by molar-refractivity contribution is 9.10. The van der Waals surface area contributed by atoms with Gasteiger partial charge < -0.3 is 4.90 Å². The van der Waals surface area contributed by atoms with Crippen LogP contribution in [0.3, 0.4) is 0 Å². The number of hydrogen-bond acceptors (Lipinski definition) is 3. The fourth-order valence-corrected chi connectivity index (χ4v) is 4.39. The summed E-state index contributed by atoms with van der Waals surface area (Å²) in [6.45, 7) is 6.83. The maximum absolute atomic E-state index is 14.5. The normalized spacial score (nSPS) is 16.9. The first-order valence-electron chi connectivity index (χ1n) is 10.7. The van der Waals surface area contributed by atoms with Crippen molar-refractivity contribution in [2.45, 2.75) is 52.5 Å². The number of hydrogen-bond donors (Lipinski definition) is 0. The number of nitrogens with zero attached hydrogens (tertiary/aromatic N) is 4. The van der Waals surface area contributed by atoms with Crippen LogP contribution in [0.15, 0.2) is 40.4 Å². The maximum atomic E-state index is 14.5. The van der Waals surface area contributed by atoms with Gasteiger partial charge in [0.1, 0.15) is 11.5 Å². The van der Waals surface area contributed by atoms with Crippen LogP contribution < -0.4 is 0 Å². The number of amides is 1. The van der Waals surface area contributed by atoms with E-state index < -0.39 is 0 Å². The van der Waals surface area contributed by atoms with Crippen LogP contribution in [-0.4, -0.2) is 38.0 Å². The van der Waals surface area contributed by atoms with Crippen molar-refractivity contribution in [3.8, 4) is 11.3 Å². The van der Waals surface area contributed by atoms with E-state index in [4.69, 9.17) is 0 Å². The molecule has 2 aromatic heterocycles. The second-order valence-corrected chi connectivity index (χ2v) is 9.32. The Morgan fingerprint density at radius 1 is 1.19 bits per heavy atom. The third kappa shape index (κ3) is 4.56. The lowest BCUT2D eigenvalue weighted by molar-refractivity contribution is 0.0692. The average Bonchev–Trinajstić information content (AvgIpc) is 3.02. The molecule has 0 radical (unpaired) electrons. The SMILES string of the molecule is CC(C)=Cc1cc(C(=O)N2CCCCC[C@H]2C)nc2cc(-c3ccc(Br)cc3F)nn12. The standard InChI is InChI=1S/C24H26BrFN4O/c1-15(2)11-18-13-22(24(31)29-10-6-4-5-7-16(29)3)27-23-14-21(28-30(18)23)19-9-8-17(25)12-20(19)26/h8-9,11-14,16H,4-7,10H2,1-3H3/t16-/m1/s1. The van der Waals surface area contributed by atoms with Crippen molar-refractivity contribution in [3.63, 3.8) is 0 Å². The first-order chi connectivity index (χ1) is 14.8. The molecule has 1 aliphatic heterocycles. The number of allylic oxidation sites excluding steroid dienone is 1. The first kappa shape index (κ1) is 21.7. The van der Waals surface area contributed by atoms with Crippen molar-refractivity contribution in [3.05, 3.63) is 57.6 Å². The molecule has 1 saturated heterocycles. The molecule has 1 aliphatic rings. The zero-order valence-electron chi connectivity index (χ0n) is 18.0. The topological polar surface area (TPSA) is 50.5 Å². The monoisotopic (exact) mass is 484 g/mol.